The summed E-state index contributed by atoms with van der Waals surface area (Å²) in [4.78, 5) is 4.42. The van der Waals surface area contributed by atoms with Gasteiger partial charge in [0.2, 0.25) is 0 Å². The maximum Gasteiger partial charge on any atom is 0.188 e. The molecule has 0 amide bonds. The lowest BCUT2D eigenvalue weighted by Gasteiger charge is -2.09. The van der Waals surface area contributed by atoms with Crippen LogP contribution in [0.3, 0.4) is 0 Å². The number of aliphatic imine (C=N–C) groups is 1. The average Bonchev–Trinajstić information content (AvgIpc) is 2.60. The molecule has 0 aliphatic carbocycles. The summed E-state index contributed by atoms with van der Waals surface area (Å²) in [6, 6.07) is 18.5. The van der Waals surface area contributed by atoms with Crippen molar-refractivity contribution in [3.63, 3.8) is 0 Å². The molecular formula is C19H26IN3O. The number of benzene rings is 2. The van der Waals surface area contributed by atoms with Crippen LogP contribution >= 0.6 is 24.0 Å². The molecule has 2 rings (SSSR count). The molecule has 0 fully saturated rings. The summed E-state index contributed by atoms with van der Waals surface area (Å²) in [6.45, 7) is 4.66. The molecule has 3 N–H and O–H groups in total. The first-order chi connectivity index (χ1) is 11.3. The number of nitrogens with zero attached hydrogens (tertiary/aromatic N) is 1. The Morgan fingerprint density at radius 2 is 1.71 bits per heavy atom. The summed E-state index contributed by atoms with van der Waals surface area (Å²) < 4.78 is 5.49. The number of ether oxygens (including phenoxy) is 1. The molecule has 0 radical (unpaired) electrons. The lowest BCUT2D eigenvalue weighted by molar-refractivity contribution is 0.133. The molecule has 2 aromatic carbocycles. The topological polar surface area (TPSA) is 59.6 Å². The molecule has 5 heteroatoms. The smallest absolute Gasteiger partial charge is 0.188 e. The molecule has 0 spiro atoms. The van der Waals surface area contributed by atoms with E-state index >= 15 is 0 Å². The molecule has 0 aliphatic rings. The highest BCUT2D eigenvalue weighted by atomic mass is 127. The van der Waals surface area contributed by atoms with Crippen molar-refractivity contribution < 1.29 is 4.74 Å². The van der Waals surface area contributed by atoms with E-state index in [-0.39, 0.29) is 24.0 Å². The third-order valence-corrected chi connectivity index (χ3v) is 3.56. The van der Waals surface area contributed by atoms with Crippen molar-refractivity contribution in [1.82, 2.24) is 5.32 Å². The zero-order valence-electron chi connectivity index (χ0n) is 14.1. The fourth-order valence-corrected chi connectivity index (χ4v) is 2.27. The van der Waals surface area contributed by atoms with Gasteiger partial charge in [0.15, 0.2) is 5.96 Å². The minimum absolute atomic E-state index is 0. The summed E-state index contributed by atoms with van der Waals surface area (Å²) in [7, 11) is 0. The molecule has 0 saturated carbocycles. The number of hydrogen-bond acceptors (Lipinski definition) is 2. The highest BCUT2D eigenvalue weighted by Gasteiger charge is 2.01. The minimum atomic E-state index is 0. The summed E-state index contributed by atoms with van der Waals surface area (Å²) in [6.07, 6.45) is 0.929. The van der Waals surface area contributed by atoms with Gasteiger partial charge in [0.25, 0.3) is 0 Å². The van der Waals surface area contributed by atoms with Gasteiger partial charge in [0.05, 0.1) is 13.2 Å². The maximum atomic E-state index is 5.94. The summed E-state index contributed by atoms with van der Waals surface area (Å²) in [5.74, 6) is 0.479. The second-order valence-electron chi connectivity index (χ2n) is 5.27. The van der Waals surface area contributed by atoms with Crippen LogP contribution in [0.2, 0.25) is 0 Å². The number of hydrogen-bond donors (Lipinski definition) is 2. The van der Waals surface area contributed by atoms with Crippen LogP contribution in [0, 0.1) is 0 Å². The van der Waals surface area contributed by atoms with E-state index in [2.05, 4.69) is 34.6 Å². The van der Waals surface area contributed by atoms with Crippen LogP contribution in [-0.2, 0) is 24.3 Å². The minimum Gasteiger partial charge on any atom is -0.377 e. The van der Waals surface area contributed by atoms with Crippen LogP contribution in [0.4, 0.5) is 0 Å². The molecule has 0 aliphatic heterocycles. The zero-order valence-corrected chi connectivity index (χ0v) is 16.4. The van der Waals surface area contributed by atoms with Crippen molar-refractivity contribution >= 4 is 29.9 Å². The average molecular weight is 439 g/mol. The van der Waals surface area contributed by atoms with E-state index in [1.54, 1.807) is 0 Å². The van der Waals surface area contributed by atoms with Gasteiger partial charge in [-0.3, -0.25) is 0 Å². The SMILES string of the molecule is CCOCc1ccccc1CN=C(N)NCCc1ccccc1.I. The fraction of sp³-hybridized carbons (Fsp3) is 0.316. The lowest BCUT2D eigenvalue weighted by Crippen LogP contribution is -2.33. The quantitative estimate of drug-likeness (QED) is 0.376. The van der Waals surface area contributed by atoms with Crippen molar-refractivity contribution in [1.29, 1.82) is 0 Å². The number of nitrogens with two attached hydrogens (primary N) is 1. The Kier molecular flexibility index (Phi) is 10.1. The summed E-state index contributed by atoms with van der Waals surface area (Å²) in [5, 5.41) is 3.16. The highest BCUT2D eigenvalue weighted by molar-refractivity contribution is 14.0. The van der Waals surface area contributed by atoms with Crippen molar-refractivity contribution in [3.8, 4) is 0 Å². The molecule has 4 nitrogen and oxygen atoms in total. The Bertz CT molecular complexity index is 617. The van der Waals surface area contributed by atoms with Crippen LogP contribution < -0.4 is 11.1 Å². The van der Waals surface area contributed by atoms with Crippen molar-refractivity contribution in [2.75, 3.05) is 13.2 Å². The first kappa shape index (κ1) is 20.4. The third-order valence-electron chi connectivity index (χ3n) is 3.56. The van der Waals surface area contributed by atoms with E-state index in [1.165, 1.54) is 5.56 Å². The molecule has 0 atom stereocenters. The largest absolute Gasteiger partial charge is 0.377 e. The number of nitrogens with one attached hydrogen (secondary N) is 1. The van der Waals surface area contributed by atoms with Gasteiger partial charge in [-0.25, -0.2) is 4.99 Å². The molecule has 2 aromatic rings. The lowest BCUT2D eigenvalue weighted by atomic mass is 10.1. The van der Waals surface area contributed by atoms with Crippen molar-refractivity contribution in [3.05, 3.63) is 71.3 Å². The van der Waals surface area contributed by atoms with Crippen molar-refractivity contribution in [2.24, 2.45) is 10.7 Å². The van der Waals surface area contributed by atoms with Crippen LogP contribution in [0.5, 0.6) is 0 Å². The highest BCUT2D eigenvalue weighted by Crippen LogP contribution is 2.11. The molecule has 0 unspecified atom stereocenters. The monoisotopic (exact) mass is 439 g/mol. The van der Waals surface area contributed by atoms with Gasteiger partial charge in [0, 0.05) is 13.2 Å². The standard InChI is InChI=1S/C19H25N3O.HI/c1-2-23-15-18-11-7-6-10-17(18)14-22-19(20)21-13-12-16-8-4-3-5-9-16;/h3-11H,2,12-15H2,1H3,(H3,20,21,22);1H. The molecule has 24 heavy (non-hydrogen) atoms. The third kappa shape index (κ3) is 7.31. The van der Waals surface area contributed by atoms with E-state index in [0.29, 0.717) is 25.7 Å². The van der Waals surface area contributed by atoms with Gasteiger partial charge in [-0.15, -0.1) is 24.0 Å². The summed E-state index contributed by atoms with van der Waals surface area (Å²) in [5.41, 5.74) is 9.54. The van der Waals surface area contributed by atoms with Crippen LogP contribution in [-0.4, -0.2) is 19.1 Å². The number of rotatable bonds is 8. The first-order valence-electron chi connectivity index (χ1n) is 8.02. The van der Waals surface area contributed by atoms with Gasteiger partial charge in [-0.1, -0.05) is 54.6 Å². The first-order valence-corrected chi connectivity index (χ1v) is 8.02. The Morgan fingerprint density at radius 3 is 2.42 bits per heavy atom. The van der Waals surface area contributed by atoms with Crippen LogP contribution in [0.25, 0.3) is 0 Å². The van der Waals surface area contributed by atoms with E-state index in [0.717, 1.165) is 24.1 Å². The maximum absolute atomic E-state index is 5.94. The Labute approximate surface area is 161 Å². The van der Waals surface area contributed by atoms with Crippen LogP contribution in [0.1, 0.15) is 23.6 Å². The predicted octanol–water partition coefficient (Wildman–Crippen LogP) is 3.49. The van der Waals surface area contributed by atoms with Gasteiger partial charge in [-0.2, -0.15) is 0 Å². The van der Waals surface area contributed by atoms with Gasteiger partial charge < -0.3 is 15.8 Å². The Hall–Kier alpha value is -1.60. The predicted molar refractivity (Wildman–Crippen MR) is 111 cm³/mol. The molecular weight excluding hydrogens is 413 g/mol. The Balaban J connectivity index is 0.00000288. The molecule has 0 bridgehead atoms. The number of guanidine groups is 1. The molecule has 130 valence electrons. The van der Waals surface area contributed by atoms with Gasteiger partial charge in [-0.05, 0) is 30.0 Å². The van der Waals surface area contributed by atoms with Gasteiger partial charge in [0.1, 0.15) is 0 Å². The molecule has 0 aromatic heterocycles. The number of halogens is 1. The van der Waals surface area contributed by atoms with Gasteiger partial charge >= 0.3 is 0 Å². The zero-order chi connectivity index (χ0) is 16.3. The second kappa shape index (κ2) is 11.9. The second-order valence-corrected chi connectivity index (χ2v) is 5.27. The van der Waals surface area contributed by atoms with Crippen molar-refractivity contribution in [2.45, 2.75) is 26.5 Å². The normalized spacial score (nSPS) is 11.0. The van der Waals surface area contributed by atoms with E-state index in [1.807, 2.05) is 37.3 Å². The molecule has 0 heterocycles. The van der Waals surface area contributed by atoms with E-state index in [4.69, 9.17) is 10.5 Å². The molecule has 0 saturated heterocycles. The fourth-order valence-electron chi connectivity index (χ4n) is 2.27. The Morgan fingerprint density at radius 1 is 1.04 bits per heavy atom. The van der Waals surface area contributed by atoms with E-state index < -0.39 is 0 Å². The van der Waals surface area contributed by atoms with Crippen LogP contribution in [0.15, 0.2) is 59.6 Å². The summed E-state index contributed by atoms with van der Waals surface area (Å²) >= 11 is 0. The van der Waals surface area contributed by atoms with E-state index in [9.17, 15) is 0 Å².